The lowest BCUT2D eigenvalue weighted by atomic mass is 10.3. The summed E-state index contributed by atoms with van der Waals surface area (Å²) >= 11 is 1.35. The monoisotopic (exact) mass is 222 g/mol. The highest BCUT2D eigenvalue weighted by molar-refractivity contribution is 8.14. The quantitative estimate of drug-likeness (QED) is 0.766. The number of carbonyl (C=O) groups excluding carboxylic acids is 1. The van der Waals surface area contributed by atoms with Crippen molar-refractivity contribution in [3.05, 3.63) is 30.1 Å². The van der Waals surface area contributed by atoms with Gasteiger partial charge < -0.3 is 5.73 Å². The zero-order chi connectivity index (χ0) is 10.8. The lowest BCUT2D eigenvalue weighted by molar-refractivity contribution is -0.129. The predicted molar refractivity (Wildman–Crippen MR) is 58.7 cm³/mol. The molecule has 0 aliphatic carbocycles. The summed E-state index contributed by atoms with van der Waals surface area (Å²) in [5.74, 6) is -0.128. The van der Waals surface area contributed by atoms with E-state index >= 15 is 0 Å². The first-order valence-corrected chi connectivity index (χ1v) is 5.27. The maximum atomic E-state index is 11.3. The van der Waals surface area contributed by atoms with Crippen molar-refractivity contribution in [2.75, 3.05) is 0 Å². The van der Waals surface area contributed by atoms with Gasteiger partial charge in [0.25, 0.3) is 0 Å². The van der Waals surface area contributed by atoms with Gasteiger partial charge in [0, 0.05) is 24.9 Å². The molecule has 2 heterocycles. The smallest absolute Gasteiger partial charge is 0.241 e. The average molecular weight is 222 g/mol. The van der Waals surface area contributed by atoms with Gasteiger partial charge in [-0.15, -0.1) is 5.10 Å². The van der Waals surface area contributed by atoms with E-state index in [9.17, 15) is 4.79 Å². The summed E-state index contributed by atoms with van der Waals surface area (Å²) in [5.41, 5.74) is 6.51. The van der Waals surface area contributed by atoms with Crippen LogP contribution in [0.3, 0.4) is 0 Å². The molecule has 0 radical (unpaired) electrons. The third-order valence-electron chi connectivity index (χ3n) is 1.95. The fourth-order valence-corrected chi connectivity index (χ4v) is 2.25. The van der Waals surface area contributed by atoms with Gasteiger partial charge in [-0.25, -0.2) is 5.01 Å². The zero-order valence-corrected chi connectivity index (χ0v) is 8.94. The number of hydrogen-bond acceptors (Lipinski definition) is 5. The molecule has 15 heavy (non-hydrogen) atoms. The largest absolute Gasteiger partial charge is 0.377 e. The van der Waals surface area contributed by atoms with Crippen LogP contribution >= 0.6 is 11.8 Å². The molecule has 1 aliphatic heterocycles. The molecule has 1 atom stereocenters. The molecule has 1 aromatic heterocycles. The molecular formula is C9H10N4OS. The van der Waals surface area contributed by atoms with Gasteiger partial charge in [-0.3, -0.25) is 9.78 Å². The minimum Gasteiger partial charge on any atom is -0.377 e. The van der Waals surface area contributed by atoms with Gasteiger partial charge in [0.15, 0.2) is 5.17 Å². The molecule has 1 aromatic rings. The normalized spacial score (nSPS) is 20.2. The van der Waals surface area contributed by atoms with E-state index in [1.807, 2.05) is 12.1 Å². The van der Waals surface area contributed by atoms with Gasteiger partial charge in [0.1, 0.15) is 5.37 Å². The van der Waals surface area contributed by atoms with E-state index in [4.69, 9.17) is 5.73 Å². The topological polar surface area (TPSA) is 71.6 Å². The number of nitrogens with zero attached hydrogens (tertiary/aromatic N) is 3. The number of carbonyl (C=O) groups is 1. The number of nitrogens with two attached hydrogens (primary N) is 1. The molecule has 0 bridgehead atoms. The number of pyridine rings is 1. The van der Waals surface area contributed by atoms with E-state index in [1.165, 1.54) is 23.7 Å². The molecule has 1 amide bonds. The second kappa shape index (κ2) is 3.90. The summed E-state index contributed by atoms with van der Waals surface area (Å²) in [6.45, 7) is 1.46. The van der Waals surface area contributed by atoms with Crippen molar-refractivity contribution in [1.29, 1.82) is 0 Å². The van der Waals surface area contributed by atoms with Crippen molar-refractivity contribution in [3.8, 4) is 0 Å². The van der Waals surface area contributed by atoms with Crippen LogP contribution in [0.1, 0.15) is 17.9 Å². The first-order valence-electron chi connectivity index (χ1n) is 4.39. The molecule has 1 aliphatic rings. The molecule has 78 valence electrons. The summed E-state index contributed by atoms with van der Waals surface area (Å²) in [5, 5.41) is 5.55. The third-order valence-corrected chi connectivity index (χ3v) is 2.97. The second-order valence-corrected chi connectivity index (χ2v) is 4.16. The molecule has 5 nitrogen and oxygen atoms in total. The minimum absolute atomic E-state index is 0.128. The molecule has 0 spiro atoms. The Bertz CT molecular complexity index is 406. The molecule has 2 N–H and O–H groups in total. The van der Waals surface area contributed by atoms with E-state index in [0.717, 1.165) is 5.56 Å². The molecule has 0 unspecified atom stereocenters. The average Bonchev–Trinajstić information content (AvgIpc) is 2.62. The van der Waals surface area contributed by atoms with Crippen LogP contribution in [0.2, 0.25) is 0 Å². The fraction of sp³-hybridized carbons (Fsp3) is 0.222. The summed E-state index contributed by atoms with van der Waals surface area (Å²) in [7, 11) is 0. The van der Waals surface area contributed by atoms with Crippen LogP contribution in [0.25, 0.3) is 0 Å². The number of hydrogen-bond donors (Lipinski definition) is 1. The number of thioether (sulfide) groups is 1. The van der Waals surface area contributed by atoms with Crippen LogP contribution in [-0.4, -0.2) is 21.1 Å². The van der Waals surface area contributed by atoms with Crippen LogP contribution in [0.15, 0.2) is 29.6 Å². The van der Waals surface area contributed by atoms with Gasteiger partial charge in [0.2, 0.25) is 5.91 Å². The molecule has 0 saturated carbocycles. The lowest BCUT2D eigenvalue weighted by Crippen LogP contribution is -2.23. The number of rotatable bonds is 1. The molecule has 2 rings (SSSR count). The van der Waals surface area contributed by atoms with Crippen LogP contribution in [-0.2, 0) is 4.79 Å². The summed E-state index contributed by atoms with van der Waals surface area (Å²) in [4.78, 5) is 15.3. The van der Waals surface area contributed by atoms with Crippen molar-refractivity contribution < 1.29 is 4.79 Å². The zero-order valence-electron chi connectivity index (χ0n) is 8.12. The van der Waals surface area contributed by atoms with Gasteiger partial charge in [-0.1, -0.05) is 17.8 Å². The Morgan fingerprint density at radius 1 is 1.67 bits per heavy atom. The van der Waals surface area contributed by atoms with Crippen molar-refractivity contribution in [1.82, 2.24) is 9.99 Å². The van der Waals surface area contributed by atoms with E-state index in [1.54, 1.807) is 12.4 Å². The van der Waals surface area contributed by atoms with Crippen LogP contribution < -0.4 is 5.73 Å². The summed E-state index contributed by atoms with van der Waals surface area (Å²) in [6.07, 6.45) is 3.40. The third kappa shape index (κ3) is 1.94. The summed E-state index contributed by atoms with van der Waals surface area (Å²) < 4.78 is 0. The van der Waals surface area contributed by atoms with Crippen LogP contribution in [0.5, 0.6) is 0 Å². The van der Waals surface area contributed by atoms with Gasteiger partial charge in [-0.05, 0) is 6.07 Å². The SMILES string of the molecule is CC(=O)N1N=C(N)S[C@@H]1c1cccnc1. The Balaban J connectivity index is 2.28. The van der Waals surface area contributed by atoms with E-state index in [2.05, 4.69) is 10.1 Å². The first kappa shape index (κ1) is 9.97. The number of aromatic nitrogens is 1. The highest BCUT2D eigenvalue weighted by Crippen LogP contribution is 2.37. The Kier molecular flexibility index (Phi) is 2.59. The van der Waals surface area contributed by atoms with Gasteiger partial charge >= 0.3 is 0 Å². The van der Waals surface area contributed by atoms with Gasteiger partial charge in [0.05, 0.1) is 0 Å². The van der Waals surface area contributed by atoms with Crippen molar-refractivity contribution >= 4 is 22.8 Å². The van der Waals surface area contributed by atoms with Crippen molar-refractivity contribution in [2.45, 2.75) is 12.3 Å². The molecule has 6 heteroatoms. The molecular weight excluding hydrogens is 212 g/mol. The summed E-state index contributed by atoms with van der Waals surface area (Å²) in [6, 6.07) is 3.72. The predicted octanol–water partition coefficient (Wildman–Crippen LogP) is 0.905. The van der Waals surface area contributed by atoms with E-state index < -0.39 is 0 Å². The number of amides is 1. The maximum Gasteiger partial charge on any atom is 0.241 e. The Labute approximate surface area is 91.4 Å². The molecule has 0 fully saturated rings. The highest BCUT2D eigenvalue weighted by Gasteiger charge is 2.30. The fourth-order valence-electron chi connectivity index (χ4n) is 1.31. The van der Waals surface area contributed by atoms with E-state index in [0.29, 0.717) is 5.17 Å². The standard InChI is InChI=1S/C9H10N4OS/c1-6(14)13-8(15-9(10)12-13)7-3-2-4-11-5-7/h2-5,8H,1H3,(H2,10,12)/t8-/m1/s1. The molecule has 0 saturated heterocycles. The number of amidine groups is 1. The van der Waals surface area contributed by atoms with Crippen molar-refractivity contribution in [2.24, 2.45) is 10.8 Å². The minimum atomic E-state index is -0.184. The Morgan fingerprint density at radius 3 is 3.07 bits per heavy atom. The van der Waals surface area contributed by atoms with Crippen LogP contribution in [0, 0.1) is 0 Å². The number of hydrazone groups is 1. The Morgan fingerprint density at radius 2 is 2.47 bits per heavy atom. The highest BCUT2D eigenvalue weighted by atomic mass is 32.2. The van der Waals surface area contributed by atoms with Crippen LogP contribution in [0.4, 0.5) is 0 Å². The van der Waals surface area contributed by atoms with Gasteiger partial charge in [-0.2, -0.15) is 0 Å². The maximum absolute atomic E-state index is 11.3. The Hall–Kier alpha value is -1.56. The molecule has 0 aromatic carbocycles. The lowest BCUT2D eigenvalue weighted by Gasteiger charge is -2.18. The van der Waals surface area contributed by atoms with E-state index in [-0.39, 0.29) is 11.3 Å². The van der Waals surface area contributed by atoms with Crippen molar-refractivity contribution in [3.63, 3.8) is 0 Å². The second-order valence-electron chi connectivity index (χ2n) is 3.06. The first-order chi connectivity index (χ1) is 7.18.